The van der Waals surface area contributed by atoms with E-state index in [1.54, 1.807) is 37.3 Å². The second-order valence-electron chi connectivity index (χ2n) is 6.53. The Morgan fingerprint density at radius 3 is 2.38 bits per heavy atom. The number of benzene rings is 2. The smallest absolute Gasteiger partial charge is 0.326 e. The second-order valence-corrected chi connectivity index (χ2v) is 6.53. The molecule has 1 N–H and O–H groups in total. The zero-order valence-electron chi connectivity index (χ0n) is 15.7. The van der Waals surface area contributed by atoms with E-state index in [4.69, 9.17) is 4.74 Å². The fourth-order valence-electron chi connectivity index (χ4n) is 3.18. The van der Waals surface area contributed by atoms with Crippen LogP contribution < -0.4 is 5.32 Å². The van der Waals surface area contributed by atoms with Crippen molar-refractivity contribution in [2.24, 2.45) is 0 Å². The zero-order chi connectivity index (χ0) is 21.0. The van der Waals surface area contributed by atoms with Crippen LogP contribution in [-0.4, -0.2) is 34.3 Å². The quantitative estimate of drug-likeness (QED) is 0.332. The van der Waals surface area contributed by atoms with E-state index in [1.165, 1.54) is 24.3 Å². The molecule has 29 heavy (non-hydrogen) atoms. The summed E-state index contributed by atoms with van der Waals surface area (Å²) in [6.45, 7) is 1.13. The van der Waals surface area contributed by atoms with Crippen molar-refractivity contribution in [3.63, 3.8) is 0 Å². The van der Waals surface area contributed by atoms with Crippen LogP contribution in [0.15, 0.2) is 54.6 Å². The average Bonchev–Trinajstić information content (AvgIpc) is 2.98. The van der Waals surface area contributed by atoms with Crippen LogP contribution in [0.4, 0.5) is 10.5 Å². The number of nitrogens with zero attached hydrogens (tertiary/aromatic N) is 2. The number of urea groups is 1. The number of rotatable bonds is 7. The summed E-state index contributed by atoms with van der Waals surface area (Å²) < 4.78 is 5.11. The lowest BCUT2D eigenvalue weighted by Gasteiger charge is -2.25. The van der Waals surface area contributed by atoms with Crippen molar-refractivity contribution in [1.82, 2.24) is 10.2 Å². The molecular formula is C20H19N3O6. The maximum absolute atomic E-state index is 13.0. The first-order valence-corrected chi connectivity index (χ1v) is 8.96. The number of carbonyl (C=O) groups is 3. The van der Waals surface area contributed by atoms with Gasteiger partial charge in [0.15, 0.2) is 0 Å². The lowest BCUT2D eigenvalue weighted by atomic mass is 9.87. The first kappa shape index (κ1) is 20.0. The number of nitrogens with one attached hydrogen (secondary N) is 1. The second kappa shape index (κ2) is 8.09. The summed E-state index contributed by atoms with van der Waals surface area (Å²) in [6, 6.07) is 13.7. The van der Waals surface area contributed by atoms with Crippen LogP contribution >= 0.6 is 0 Å². The van der Waals surface area contributed by atoms with Crippen LogP contribution in [0.1, 0.15) is 24.5 Å². The number of non-ortho nitro benzene ring substituents is 1. The van der Waals surface area contributed by atoms with E-state index in [2.05, 4.69) is 5.32 Å². The fraction of sp³-hybridized carbons (Fsp3) is 0.250. The molecule has 1 aliphatic heterocycles. The van der Waals surface area contributed by atoms with Crippen LogP contribution in [0, 0.1) is 10.1 Å². The lowest BCUT2D eigenvalue weighted by molar-refractivity contribution is -0.384. The molecule has 0 bridgehead atoms. The van der Waals surface area contributed by atoms with Gasteiger partial charge in [0.05, 0.1) is 4.92 Å². The number of hydrogen-bond donors (Lipinski definition) is 1. The maximum Gasteiger partial charge on any atom is 0.326 e. The molecule has 2 aromatic carbocycles. The van der Waals surface area contributed by atoms with Gasteiger partial charge in [0.2, 0.25) is 0 Å². The molecule has 0 aliphatic carbocycles. The van der Waals surface area contributed by atoms with Gasteiger partial charge >= 0.3 is 12.0 Å². The Bertz CT molecular complexity index is 944. The topological polar surface area (TPSA) is 119 Å². The molecule has 150 valence electrons. The minimum Gasteiger partial charge on any atom is -0.459 e. The van der Waals surface area contributed by atoms with Crippen LogP contribution in [-0.2, 0) is 26.5 Å². The van der Waals surface area contributed by atoms with E-state index in [9.17, 15) is 24.5 Å². The van der Waals surface area contributed by atoms with Gasteiger partial charge < -0.3 is 10.1 Å². The molecule has 0 spiro atoms. The highest BCUT2D eigenvalue weighted by molar-refractivity contribution is 6.09. The first-order chi connectivity index (χ1) is 13.9. The van der Waals surface area contributed by atoms with Crippen LogP contribution in [0.3, 0.4) is 0 Å². The summed E-state index contributed by atoms with van der Waals surface area (Å²) in [5.41, 5.74) is -0.0936. The lowest BCUT2D eigenvalue weighted by Crippen LogP contribution is -2.43. The number of hydrogen-bond acceptors (Lipinski definition) is 6. The molecule has 1 saturated heterocycles. The van der Waals surface area contributed by atoms with Crippen molar-refractivity contribution >= 4 is 23.6 Å². The third kappa shape index (κ3) is 3.93. The number of ether oxygens (including phenoxy) is 1. The molecule has 3 rings (SSSR count). The third-order valence-electron chi connectivity index (χ3n) is 4.81. The van der Waals surface area contributed by atoms with Crippen LogP contribution in [0.25, 0.3) is 0 Å². The molecule has 3 amide bonds. The monoisotopic (exact) mass is 397 g/mol. The summed E-state index contributed by atoms with van der Waals surface area (Å²) in [5.74, 6) is -1.27. The van der Waals surface area contributed by atoms with Gasteiger partial charge in [-0.3, -0.25) is 24.6 Å². The zero-order valence-corrected chi connectivity index (χ0v) is 15.7. The summed E-state index contributed by atoms with van der Waals surface area (Å²) in [6.07, 6.45) is 0.329. The maximum atomic E-state index is 13.0. The number of esters is 1. The summed E-state index contributed by atoms with van der Waals surface area (Å²) in [4.78, 5) is 48.5. The van der Waals surface area contributed by atoms with E-state index in [0.29, 0.717) is 17.5 Å². The van der Waals surface area contributed by atoms with Crippen molar-refractivity contribution in [3.05, 3.63) is 75.8 Å². The van der Waals surface area contributed by atoms with Gasteiger partial charge in [-0.25, -0.2) is 4.79 Å². The Labute approximate surface area is 166 Å². The predicted octanol–water partition coefficient (Wildman–Crippen LogP) is 2.50. The average molecular weight is 397 g/mol. The van der Waals surface area contributed by atoms with Gasteiger partial charge in [-0.2, -0.15) is 0 Å². The molecule has 1 fully saturated rings. The number of imide groups is 1. The van der Waals surface area contributed by atoms with Gasteiger partial charge in [0.25, 0.3) is 11.6 Å². The summed E-state index contributed by atoms with van der Waals surface area (Å²) >= 11 is 0. The predicted molar refractivity (Wildman–Crippen MR) is 102 cm³/mol. The normalized spacial score (nSPS) is 18.4. The Hall–Kier alpha value is -3.75. The van der Waals surface area contributed by atoms with E-state index < -0.39 is 34.9 Å². The van der Waals surface area contributed by atoms with Crippen molar-refractivity contribution in [2.45, 2.75) is 25.5 Å². The molecule has 0 aromatic heterocycles. The Morgan fingerprint density at radius 1 is 1.14 bits per heavy atom. The fourth-order valence-corrected chi connectivity index (χ4v) is 3.18. The number of amides is 3. The van der Waals surface area contributed by atoms with Crippen molar-refractivity contribution in [2.75, 3.05) is 6.54 Å². The highest BCUT2D eigenvalue weighted by Crippen LogP contribution is 2.32. The standard InChI is InChI=1S/C20H19N3O6/c1-2-20(15-6-4-3-5-7-15)18(25)22(19(26)21-20)12-17(24)29-13-14-8-10-16(11-9-14)23(27)28/h3-11H,2,12-13H2,1H3,(H,21,26)/t20-/m1/s1. The Balaban J connectivity index is 1.65. The Kier molecular flexibility index (Phi) is 5.58. The number of nitro benzene ring substituents is 1. The van der Waals surface area contributed by atoms with E-state index in [1.807, 2.05) is 0 Å². The highest BCUT2D eigenvalue weighted by Gasteiger charge is 2.51. The minimum absolute atomic E-state index is 0.0729. The molecule has 1 atom stereocenters. The molecule has 1 aliphatic rings. The van der Waals surface area contributed by atoms with Gasteiger partial charge in [0.1, 0.15) is 18.7 Å². The Morgan fingerprint density at radius 2 is 1.79 bits per heavy atom. The largest absolute Gasteiger partial charge is 0.459 e. The SMILES string of the molecule is CC[C@]1(c2ccccc2)NC(=O)N(CC(=O)OCc2ccc([N+](=O)[O-])cc2)C1=O. The van der Waals surface area contributed by atoms with Crippen LogP contribution in [0.5, 0.6) is 0 Å². The van der Waals surface area contributed by atoms with E-state index >= 15 is 0 Å². The van der Waals surface area contributed by atoms with Crippen molar-refractivity contribution in [3.8, 4) is 0 Å². The van der Waals surface area contributed by atoms with E-state index in [0.717, 1.165) is 4.90 Å². The number of nitro groups is 1. The van der Waals surface area contributed by atoms with Crippen molar-refractivity contribution in [1.29, 1.82) is 0 Å². The molecular weight excluding hydrogens is 378 g/mol. The molecule has 2 aromatic rings. The van der Waals surface area contributed by atoms with Gasteiger partial charge in [-0.05, 0) is 29.7 Å². The molecule has 9 heteroatoms. The molecule has 1 heterocycles. The molecule has 0 radical (unpaired) electrons. The van der Waals surface area contributed by atoms with Gasteiger partial charge in [0, 0.05) is 12.1 Å². The number of carbonyl (C=O) groups excluding carboxylic acids is 3. The first-order valence-electron chi connectivity index (χ1n) is 8.96. The molecule has 0 unspecified atom stereocenters. The van der Waals surface area contributed by atoms with Crippen LogP contribution in [0.2, 0.25) is 0 Å². The molecule has 0 saturated carbocycles. The molecule has 9 nitrogen and oxygen atoms in total. The van der Waals surface area contributed by atoms with Crippen molar-refractivity contribution < 1.29 is 24.0 Å². The minimum atomic E-state index is -1.21. The van der Waals surface area contributed by atoms with Gasteiger partial charge in [-0.1, -0.05) is 37.3 Å². The van der Waals surface area contributed by atoms with Gasteiger partial charge in [-0.15, -0.1) is 0 Å². The summed E-state index contributed by atoms with van der Waals surface area (Å²) in [7, 11) is 0. The third-order valence-corrected chi connectivity index (χ3v) is 4.81. The summed E-state index contributed by atoms with van der Waals surface area (Å²) in [5, 5.41) is 13.4. The highest BCUT2D eigenvalue weighted by atomic mass is 16.6. The van der Waals surface area contributed by atoms with E-state index in [-0.39, 0.29) is 12.3 Å².